The van der Waals surface area contributed by atoms with Gasteiger partial charge in [-0.05, 0) is 13.3 Å². The van der Waals surface area contributed by atoms with Gasteiger partial charge in [-0.25, -0.2) is 9.97 Å². The van der Waals surface area contributed by atoms with E-state index in [1.807, 2.05) is 16.8 Å². The topological polar surface area (TPSA) is 65.7 Å². The summed E-state index contributed by atoms with van der Waals surface area (Å²) in [4.78, 5) is 11.3. The van der Waals surface area contributed by atoms with Crippen molar-refractivity contribution in [1.29, 1.82) is 0 Å². The lowest BCUT2D eigenvalue weighted by Gasteiger charge is -2.19. The standard InChI is InChI=1S/C13H19N5O/c1-2-14-11-8-18-6-4-15-12(18)13(16-11)17-5-3-10(7-17)9-19/h4,6,8,10,14,19H,2-3,5,7,9H2,1H3. The van der Waals surface area contributed by atoms with E-state index >= 15 is 0 Å². The summed E-state index contributed by atoms with van der Waals surface area (Å²) in [5.74, 6) is 2.11. The highest BCUT2D eigenvalue weighted by Crippen LogP contribution is 2.26. The van der Waals surface area contributed by atoms with Crippen molar-refractivity contribution in [1.82, 2.24) is 14.4 Å². The molecule has 1 aliphatic rings. The van der Waals surface area contributed by atoms with Gasteiger partial charge in [0, 0.05) is 44.6 Å². The highest BCUT2D eigenvalue weighted by atomic mass is 16.3. The van der Waals surface area contributed by atoms with Crippen LogP contribution in [0.1, 0.15) is 13.3 Å². The smallest absolute Gasteiger partial charge is 0.180 e. The molecule has 0 spiro atoms. The fourth-order valence-electron chi connectivity index (χ4n) is 2.57. The average Bonchev–Trinajstić information content (AvgIpc) is 3.06. The Bertz CT molecular complexity index is 567. The molecule has 1 unspecified atom stereocenters. The van der Waals surface area contributed by atoms with E-state index in [2.05, 4.69) is 27.1 Å². The highest BCUT2D eigenvalue weighted by molar-refractivity contribution is 5.67. The summed E-state index contributed by atoms with van der Waals surface area (Å²) in [6, 6.07) is 0. The minimum atomic E-state index is 0.244. The number of aliphatic hydroxyl groups is 1. The van der Waals surface area contributed by atoms with Crippen LogP contribution in [-0.4, -0.2) is 45.7 Å². The SMILES string of the molecule is CCNc1cn2ccnc2c(N2CCC(CO)C2)n1. The van der Waals surface area contributed by atoms with Gasteiger partial charge in [0.05, 0.1) is 6.20 Å². The Morgan fingerprint density at radius 2 is 2.42 bits per heavy atom. The normalized spacial score (nSPS) is 19.3. The van der Waals surface area contributed by atoms with Crippen LogP contribution in [0.2, 0.25) is 0 Å². The fourth-order valence-corrected chi connectivity index (χ4v) is 2.57. The van der Waals surface area contributed by atoms with Gasteiger partial charge < -0.3 is 19.7 Å². The molecule has 2 N–H and O–H groups in total. The Balaban J connectivity index is 1.98. The Labute approximate surface area is 112 Å². The Hall–Kier alpha value is -1.82. The molecular weight excluding hydrogens is 242 g/mol. The van der Waals surface area contributed by atoms with Crippen LogP contribution in [0.5, 0.6) is 0 Å². The number of aromatic nitrogens is 3. The van der Waals surface area contributed by atoms with E-state index < -0.39 is 0 Å². The van der Waals surface area contributed by atoms with Crippen LogP contribution < -0.4 is 10.2 Å². The molecule has 1 fully saturated rings. The van der Waals surface area contributed by atoms with Gasteiger partial charge >= 0.3 is 0 Å². The molecule has 1 aliphatic heterocycles. The van der Waals surface area contributed by atoms with E-state index in [1.54, 1.807) is 6.20 Å². The van der Waals surface area contributed by atoms with Gasteiger partial charge in [0.2, 0.25) is 0 Å². The Kier molecular flexibility index (Phi) is 3.25. The molecule has 0 amide bonds. The van der Waals surface area contributed by atoms with Crippen molar-refractivity contribution < 1.29 is 5.11 Å². The predicted molar refractivity (Wildman–Crippen MR) is 74.6 cm³/mol. The van der Waals surface area contributed by atoms with Crippen LogP contribution in [-0.2, 0) is 0 Å². The Morgan fingerprint density at radius 3 is 3.16 bits per heavy atom. The molecule has 0 bridgehead atoms. The number of anilines is 2. The lowest BCUT2D eigenvalue weighted by Crippen LogP contribution is -2.23. The molecule has 0 aromatic carbocycles. The largest absolute Gasteiger partial charge is 0.396 e. The number of rotatable bonds is 4. The molecule has 19 heavy (non-hydrogen) atoms. The summed E-state index contributed by atoms with van der Waals surface area (Å²) in [6.45, 7) is 4.91. The first-order valence-corrected chi connectivity index (χ1v) is 6.75. The third kappa shape index (κ3) is 2.23. The zero-order chi connectivity index (χ0) is 13.2. The second-order valence-electron chi connectivity index (χ2n) is 4.92. The van der Waals surface area contributed by atoms with E-state index in [0.29, 0.717) is 5.92 Å². The number of hydrogen-bond acceptors (Lipinski definition) is 5. The fraction of sp³-hybridized carbons (Fsp3) is 0.538. The first kappa shape index (κ1) is 12.2. The van der Waals surface area contributed by atoms with Crippen LogP contribution in [0.25, 0.3) is 5.65 Å². The number of fused-ring (bicyclic) bond motifs is 1. The molecule has 1 saturated heterocycles. The van der Waals surface area contributed by atoms with Crippen LogP contribution in [0.15, 0.2) is 18.6 Å². The minimum Gasteiger partial charge on any atom is -0.396 e. The lowest BCUT2D eigenvalue weighted by atomic mass is 10.1. The molecule has 3 heterocycles. The molecule has 102 valence electrons. The van der Waals surface area contributed by atoms with Gasteiger partial charge in [-0.3, -0.25) is 0 Å². The summed E-state index contributed by atoms with van der Waals surface area (Å²) in [6.07, 6.45) is 6.68. The number of aliphatic hydroxyl groups excluding tert-OH is 1. The van der Waals surface area contributed by atoms with Crippen molar-refractivity contribution in [3.05, 3.63) is 18.6 Å². The molecule has 6 nitrogen and oxygen atoms in total. The van der Waals surface area contributed by atoms with E-state index in [1.165, 1.54) is 0 Å². The molecule has 1 atom stereocenters. The lowest BCUT2D eigenvalue weighted by molar-refractivity contribution is 0.238. The molecule has 0 radical (unpaired) electrons. The summed E-state index contributed by atoms with van der Waals surface area (Å²) in [7, 11) is 0. The number of imidazole rings is 1. The average molecular weight is 261 g/mol. The first-order chi connectivity index (χ1) is 9.31. The first-order valence-electron chi connectivity index (χ1n) is 6.75. The zero-order valence-electron chi connectivity index (χ0n) is 11.1. The number of nitrogens with zero attached hydrogens (tertiary/aromatic N) is 4. The van der Waals surface area contributed by atoms with E-state index in [4.69, 9.17) is 0 Å². The van der Waals surface area contributed by atoms with Crippen LogP contribution >= 0.6 is 0 Å². The molecule has 2 aromatic heterocycles. The number of nitrogens with one attached hydrogen (secondary N) is 1. The second-order valence-corrected chi connectivity index (χ2v) is 4.92. The zero-order valence-corrected chi connectivity index (χ0v) is 11.1. The Morgan fingerprint density at radius 1 is 1.53 bits per heavy atom. The number of hydrogen-bond donors (Lipinski definition) is 2. The van der Waals surface area contributed by atoms with Crippen molar-refractivity contribution in [3.63, 3.8) is 0 Å². The molecular formula is C13H19N5O. The third-order valence-corrected chi connectivity index (χ3v) is 3.56. The predicted octanol–water partition coefficient (Wildman–Crippen LogP) is 0.980. The van der Waals surface area contributed by atoms with Crippen molar-refractivity contribution in [3.8, 4) is 0 Å². The van der Waals surface area contributed by atoms with E-state index in [9.17, 15) is 5.11 Å². The van der Waals surface area contributed by atoms with Crippen molar-refractivity contribution >= 4 is 17.3 Å². The second kappa shape index (κ2) is 5.05. The molecule has 0 aliphatic carbocycles. The van der Waals surface area contributed by atoms with Gasteiger partial charge in [-0.15, -0.1) is 0 Å². The maximum absolute atomic E-state index is 9.26. The molecule has 0 saturated carbocycles. The maximum atomic E-state index is 9.26. The summed E-state index contributed by atoms with van der Waals surface area (Å²) in [5, 5.41) is 12.5. The maximum Gasteiger partial charge on any atom is 0.180 e. The van der Waals surface area contributed by atoms with Gasteiger partial charge in [0.1, 0.15) is 5.82 Å². The van der Waals surface area contributed by atoms with Crippen LogP contribution in [0.4, 0.5) is 11.6 Å². The molecule has 3 rings (SSSR count). The van der Waals surface area contributed by atoms with E-state index in [0.717, 1.165) is 43.3 Å². The molecule has 6 heteroatoms. The van der Waals surface area contributed by atoms with Gasteiger partial charge in [-0.2, -0.15) is 0 Å². The van der Waals surface area contributed by atoms with Gasteiger partial charge in [0.25, 0.3) is 0 Å². The van der Waals surface area contributed by atoms with E-state index in [-0.39, 0.29) is 6.61 Å². The summed E-state index contributed by atoms with van der Waals surface area (Å²) >= 11 is 0. The van der Waals surface area contributed by atoms with Crippen LogP contribution in [0, 0.1) is 5.92 Å². The van der Waals surface area contributed by atoms with Crippen LogP contribution in [0.3, 0.4) is 0 Å². The van der Waals surface area contributed by atoms with Crippen molar-refractivity contribution in [2.45, 2.75) is 13.3 Å². The van der Waals surface area contributed by atoms with Gasteiger partial charge in [0.15, 0.2) is 11.5 Å². The quantitative estimate of drug-likeness (QED) is 0.859. The van der Waals surface area contributed by atoms with Crippen molar-refractivity contribution in [2.24, 2.45) is 5.92 Å². The third-order valence-electron chi connectivity index (χ3n) is 3.56. The van der Waals surface area contributed by atoms with Crippen molar-refractivity contribution in [2.75, 3.05) is 36.5 Å². The summed E-state index contributed by atoms with van der Waals surface area (Å²) < 4.78 is 1.99. The highest BCUT2D eigenvalue weighted by Gasteiger charge is 2.25. The monoisotopic (exact) mass is 261 g/mol. The minimum absolute atomic E-state index is 0.244. The molecule has 2 aromatic rings. The summed E-state index contributed by atoms with van der Waals surface area (Å²) in [5.41, 5.74) is 0.875. The van der Waals surface area contributed by atoms with Gasteiger partial charge in [-0.1, -0.05) is 0 Å².